The normalized spacial score (nSPS) is 12.1. The van der Waals surface area contributed by atoms with Gasteiger partial charge in [-0.05, 0) is 38.0 Å². The molecule has 0 fully saturated rings. The van der Waals surface area contributed by atoms with Crippen molar-refractivity contribution in [2.24, 2.45) is 0 Å². The second-order valence-electron chi connectivity index (χ2n) is 7.37. The van der Waals surface area contributed by atoms with E-state index in [2.05, 4.69) is 25.6 Å². The molecule has 30 heavy (non-hydrogen) atoms. The molecule has 8 nitrogen and oxygen atoms in total. The van der Waals surface area contributed by atoms with Gasteiger partial charge in [-0.1, -0.05) is 13.8 Å². The van der Waals surface area contributed by atoms with Crippen LogP contribution in [0.4, 0.5) is 11.5 Å². The minimum Gasteiger partial charge on any atom is -0.392 e. The van der Waals surface area contributed by atoms with Gasteiger partial charge >= 0.3 is 0 Å². The van der Waals surface area contributed by atoms with Crippen molar-refractivity contribution >= 4 is 28.7 Å². The van der Waals surface area contributed by atoms with Crippen LogP contribution in [0, 0.1) is 6.92 Å². The van der Waals surface area contributed by atoms with Gasteiger partial charge in [0.25, 0.3) is 11.5 Å². The molecular formula is C21H25N5O3S. The predicted molar refractivity (Wildman–Crippen MR) is 119 cm³/mol. The van der Waals surface area contributed by atoms with E-state index in [-0.39, 0.29) is 23.6 Å². The summed E-state index contributed by atoms with van der Waals surface area (Å²) in [6.07, 6.45) is 2.09. The maximum atomic E-state index is 12.7. The van der Waals surface area contributed by atoms with E-state index in [1.165, 1.54) is 12.5 Å². The monoisotopic (exact) mass is 427 g/mol. The van der Waals surface area contributed by atoms with E-state index in [9.17, 15) is 14.7 Å². The van der Waals surface area contributed by atoms with Crippen molar-refractivity contribution < 1.29 is 9.90 Å². The van der Waals surface area contributed by atoms with Gasteiger partial charge in [-0.3, -0.25) is 9.59 Å². The van der Waals surface area contributed by atoms with E-state index >= 15 is 0 Å². The van der Waals surface area contributed by atoms with Gasteiger partial charge in [0.05, 0.1) is 17.4 Å². The molecule has 0 saturated heterocycles. The molecule has 3 heterocycles. The van der Waals surface area contributed by atoms with Crippen molar-refractivity contribution in [2.45, 2.75) is 39.7 Å². The largest absolute Gasteiger partial charge is 0.392 e. The lowest BCUT2D eigenvalue weighted by Crippen LogP contribution is -2.31. The zero-order chi connectivity index (χ0) is 21.8. The number of aromatic amines is 1. The molecule has 0 aliphatic rings. The summed E-state index contributed by atoms with van der Waals surface area (Å²) in [5.41, 5.74) is 2.00. The molecule has 0 aromatic carbocycles. The Morgan fingerprint density at radius 3 is 2.70 bits per heavy atom. The molecule has 0 saturated carbocycles. The van der Waals surface area contributed by atoms with Crippen LogP contribution in [0.3, 0.4) is 0 Å². The number of carbonyl (C=O) groups excluding carboxylic acids is 1. The standard InChI is InChI=1S/C21H25N5O3S/c1-11(2)18-16(7-14(21(29)26-18)17-6-5-13(4)30-17)25-19-15(9-22-10-24-19)20(28)23-8-12(3)27/h5-7,9-12,27H,8H2,1-4H3,(H,23,28)(H,26,29)(H,22,24,25). The molecule has 0 bridgehead atoms. The molecule has 3 aromatic rings. The lowest BCUT2D eigenvalue weighted by Gasteiger charge is -2.17. The highest BCUT2D eigenvalue weighted by molar-refractivity contribution is 7.15. The number of amides is 1. The first kappa shape index (κ1) is 21.7. The summed E-state index contributed by atoms with van der Waals surface area (Å²) in [5.74, 6) is -0.0485. The van der Waals surface area contributed by atoms with Crippen LogP contribution in [0.2, 0.25) is 0 Å². The lowest BCUT2D eigenvalue weighted by atomic mass is 10.1. The molecular weight excluding hydrogens is 402 g/mol. The number of nitrogens with zero attached hydrogens (tertiary/aromatic N) is 2. The van der Waals surface area contributed by atoms with Crippen LogP contribution in [-0.4, -0.2) is 38.6 Å². The first-order valence-corrected chi connectivity index (χ1v) is 10.4. The summed E-state index contributed by atoms with van der Waals surface area (Å²) in [6.45, 7) is 7.64. The summed E-state index contributed by atoms with van der Waals surface area (Å²) in [6, 6.07) is 5.68. The number of H-pyrrole nitrogens is 1. The second-order valence-corrected chi connectivity index (χ2v) is 8.66. The molecule has 3 aromatic heterocycles. The van der Waals surface area contributed by atoms with Crippen molar-refractivity contribution in [1.82, 2.24) is 20.3 Å². The number of anilines is 2. The summed E-state index contributed by atoms with van der Waals surface area (Å²) < 4.78 is 0. The number of aromatic nitrogens is 3. The Kier molecular flexibility index (Phi) is 6.63. The molecule has 0 aliphatic carbocycles. The number of pyridine rings is 1. The van der Waals surface area contributed by atoms with E-state index in [4.69, 9.17) is 0 Å². The fourth-order valence-electron chi connectivity index (χ4n) is 2.92. The van der Waals surface area contributed by atoms with Crippen molar-refractivity contribution in [3.8, 4) is 10.4 Å². The highest BCUT2D eigenvalue weighted by Crippen LogP contribution is 2.31. The number of hydrogen-bond acceptors (Lipinski definition) is 7. The molecule has 0 aliphatic heterocycles. The van der Waals surface area contributed by atoms with Crippen LogP contribution in [0.25, 0.3) is 10.4 Å². The van der Waals surface area contributed by atoms with Crippen LogP contribution in [-0.2, 0) is 0 Å². The molecule has 3 rings (SSSR count). The minimum atomic E-state index is -0.668. The minimum absolute atomic E-state index is 0.0358. The fraction of sp³-hybridized carbons (Fsp3) is 0.333. The third-order valence-corrected chi connectivity index (χ3v) is 5.46. The van der Waals surface area contributed by atoms with Crippen LogP contribution in [0.5, 0.6) is 0 Å². The molecule has 0 radical (unpaired) electrons. The Hall–Kier alpha value is -3.04. The topological polar surface area (TPSA) is 120 Å². The Morgan fingerprint density at radius 2 is 2.07 bits per heavy atom. The van der Waals surface area contributed by atoms with Gasteiger partial charge < -0.3 is 20.7 Å². The number of carbonyl (C=O) groups is 1. The average Bonchev–Trinajstić information content (AvgIpc) is 3.13. The highest BCUT2D eigenvalue weighted by atomic mass is 32.1. The molecule has 1 atom stereocenters. The average molecular weight is 428 g/mol. The first-order valence-electron chi connectivity index (χ1n) is 9.63. The molecule has 1 unspecified atom stereocenters. The number of aliphatic hydroxyl groups is 1. The van der Waals surface area contributed by atoms with E-state index in [1.54, 1.807) is 24.3 Å². The van der Waals surface area contributed by atoms with Gasteiger partial charge in [-0.2, -0.15) is 0 Å². The number of aliphatic hydroxyl groups excluding tert-OH is 1. The Balaban J connectivity index is 2.02. The highest BCUT2D eigenvalue weighted by Gasteiger charge is 2.18. The molecule has 0 spiro atoms. The van der Waals surface area contributed by atoms with Crippen molar-refractivity contribution in [3.05, 3.63) is 57.2 Å². The number of nitrogens with one attached hydrogen (secondary N) is 3. The van der Waals surface area contributed by atoms with E-state index < -0.39 is 12.0 Å². The molecule has 158 valence electrons. The zero-order valence-corrected chi connectivity index (χ0v) is 18.1. The third-order valence-electron chi connectivity index (χ3n) is 4.42. The van der Waals surface area contributed by atoms with Crippen LogP contribution in [0.15, 0.2) is 35.5 Å². The van der Waals surface area contributed by atoms with Crippen molar-refractivity contribution in [3.63, 3.8) is 0 Å². The van der Waals surface area contributed by atoms with E-state index in [0.717, 1.165) is 9.75 Å². The first-order chi connectivity index (χ1) is 14.3. The molecule has 1 amide bonds. The quantitative estimate of drug-likeness (QED) is 0.460. The maximum Gasteiger partial charge on any atom is 0.256 e. The Labute approximate surface area is 178 Å². The fourth-order valence-corrected chi connectivity index (χ4v) is 3.80. The SMILES string of the molecule is Cc1ccc(-c2cc(Nc3ncncc3C(=O)NCC(C)O)c(C(C)C)[nH]c2=O)s1. The van der Waals surface area contributed by atoms with E-state index in [0.29, 0.717) is 22.8 Å². The third kappa shape index (κ3) is 4.92. The molecule has 4 N–H and O–H groups in total. The predicted octanol–water partition coefficient (Wildman–Crippen LogP) is 3.18. The lowest BCUT2D eigenvalue weighted by molar-refractivity contribution is 0.0924. The smallest absolute Gasteiger partial charge is 0.256 e. The van der Waals surface area contributed by atoms with Crippen molar-refractivity contribution in [1.29, 1.82) is 0 Å². The maximum absolute atomic E-state index is 12.7. The zero-order valence-electron chi connectivity index (χ0n) is 17.3. The number of rotatable bonds is 7. The summed E-state index contributed by atoms with van der Waals surface area (Å²) >= 11 is 1.54. The second kappa shape index (κ2) is 9.19. The molecule has 9 heteroatoms. The summed E-state index contributed by atoms with van der Waals surface area (Å²) in [5, 5.41) is 15.3. The van der Waals surface area contributed by atoms with Crippen LogP contribution in [0.1, 0.15) is 47.6 Å². The van der Waals surface area contributed by atoms with Gasteiger partial charge in [-0.15, -0.1) is 11.3 Å². The van der Waals surface area contributed by atoms with Crippen LogP contribution >= 0.6 is 11.3 Å². The van der Waals surface area contributed by atoms with Crippen LogP contribution < -0.4 is 16.2 Å². The van der Waals surface area contributed by atoms with Gasteiger partial charge in [0.15, 0.2) is 0 Å². The van der Waals surface area contributed by atoms with Gasteiger partial charge in [-0.25, -0.2) is 9.97 Å². The Morgan fingerprint density at radius 1 is 1.30 bits per heavy atom. The summed E-state index contributed by atoms with van der Waals surface area (Å²) in [4.78, 5) is 38.3. The number of aryl methyl sites for hydroxylation is 1. The van der Waals surface area contributed by atoms with Gasteiger partial charge in [0.2, 0.25) is 0 Å². The summed E-state index contributed by atoms with van der Waals surface area (Å²) in [7, 11) is 0. The van der Waals surface area contributed by atoms with E-state index in [1.807, 2.05) is 32.9 Å². The van der Waals surface area contributed by atoms with Gasteiger partial charge in [0, 0.05) is 28.2 Å². The van der Waals surface area contributed by atoms with Crippen molar-refractivity contribution in [2.75, 3.05) is 11.9 Å². The Bertz CT molecular complexity index is 1100. The number of hydrogen-bond donors (Lipinski definition) is 4. The number of thiophene rings is 1. The van der Waals surface area contributed by atoms with Gasteiger partial charge in [0.1, 0.15) is 17.7 Å².